The molecule has 2 aromatic rings. The molecule has 1 saturated heterocycles. The van der Waals surface area contributed by atoms with Crippen molar-refractivity contribution >= 4 is 39.5 Å². The average Bonchev–Trinajstić information content (AvgIpc) is 3.97. The normalized spacial score (nSPS) is 24.9. The zero-order chi connectivity index (χ0) is 37.7. The second-order valence-electron chi connectivity index (χ2n) is 14.7. The number of hydroxylamine groups is 2. The van der Waals surface area contributed by atoms with Gasteiger partial charge in [0.25, 0.3) is 5.91 Å². The van der Waals surface area contributed by atoms with Crippen molar-refractivity contribution in [2.75, 3.05) is 6.54 Å². The summed E-state index contributed by atoms with van der Waals surface area (Å²) in [6.45, 7) is 6.90. The number of oxime groups is 1. The molecule has 0 bridgehead atoms. The quantitative estimate of drug-likeness (QED) is 0.142. The van der Waals surface area contributed by atoms with Crippen LogP contribution in [0.1, 0.15) is 63.5 Å². The summed E-state index contributed by atoms with van der Waals surface area (Å²) in [6, 6.07) is 12.8. The standard InChI is InChI=1S/C38H43N5O9S/c1-4-23-20-38(23,36(46)41-53(49,50)26-17-18-26)39-34(44)31-19-25(52-40-32-29-15-9-7-13-27(29)28-14-8-10-16-30(28)32)21-42(31)35(45)33(22(2)3)43(48)37(47)51-24-11-5-6-12-24/h4-10,13-16,22-26,31,33,48H,1,11-12,17-21H2,2-3H3,(H,39,44)(H,41,46)/t23-,25-,31+,33-,38+/m1/s1. The zero-order valence-corrected chi connectivity index (χ0v) is 30.3. The van der Waals surface area contributed by atoms with Crippen LogP contribution < -0.4 is 10.0 Å². The molecule has 1 heterocycles. The lowest BCUT2D eigenvalue weighted by Gasteiger charge is -2.34. The minimum atomic E-state index is -3.92. The van der Waals surface area contributed by atoms with Gasteiger partial charge in [-0.05, 0) is 36.3 Å². The lowest BCUT2D eigenvalue weighted by Crippen LogP contribution is -2.59. The van der Waals surface area contributed by atoms with E-state index >= 15 is 0 Å². The van der Waals surface area contributed by atoms with E-state index in [1.807, 2.05) is 60.7 Å². The summed E-state index contributed by atoms with van der Waals surface area (Å²) in [5, 5.41) is 18.0. The maximum Gasteiger partial charge on any atom is 0.434 e. The highest BCUT2D eigenvalue weighted by Crippen LogP contribution is 2.45. The van der Waals surface area contributed by atoms with Crippen molar-refractivity contribution in [2.24, 2.45) is 17.0 Å². The Labute approximate surface area is 307 Å². The van der Waals surface area contributed by atoms with Crippen molar-refractivity contribution in [1.82, 2.24) is 20.0 Å². The third kappa shape index (κ3) is 6.95. The predicted molar refractivity (Wildman–Crippen MR) is 193 cm³/mol. The molecule has 3 N–H and O–H groups in total. The van der Waals surface area contributed by atoms with Gasteiger partial charge in [-0.2, -0.15) is 5.06 Å². The number of likely N-dealkylation sites (tertiary alicyclic amines) is 1. The Morgan fingerprint density at radius 1 is 1.00 bits per heavy atom. The minimum absolute atomic E-state index is 0.0527. The van der Waals surface area contributed by atoms with Gasteiger partial charge in [-0.15, -0.1) is 6.58 Å². The van der Waals surface area contributed by atoms with Gasteiger partial charge >= 0.3 is 6.09 Å². The molecule has 5 aliphatic rings. The number of fused-ring (bicyclic) bond motifs is 3. The topological polar surface area (TPSA) is 184 Å². The van der Waals surface area contributed by atoms with Crippen LogP contribution in [0.25, 0.3) is 11.1 Å². The van der Waals surface area contributed by atoms with E-state index < -0.39 is 80.8 Å². The number of hydrogen-bond donors (Lipinski definition) is 3. The third-order valence-corrected chi connectivity index (χ3v) is 12.4. The maximum absolute atomic E-state index is 14.4. The van der Waals surface area contributed by atoms with Crippen LogP contribution in [0.2, 0.25) is 0 Å². The van der Waals surface area contributed by atoms with E-state index in [2.05, 4.69) is 21.8 Å². The number of rotatable bonds is 12. The molecule has 53 heavy (non-hydrogen) atoms. The number of carbonyl (C=O) groups excluding carboxylic acids is 4. The first kappa shape index (κ1) is 36.3. The van der Waals surface area contributed by atoms with E-state index in [1.165, 1.54) is 11.0 Å². The molecule has 5 atom stereocenters. The Morgan fingerprint density at radius 3 is 2.15 bits per heavy atom. The molecular formula is C38H43N5O9S. The molecule has 1 aliphatic heterocycles. The number of nitrogens with zero attached hydrogens (tertiary/aromatic N) is 3. The molecule has 0 unspecified atom stereocenters. The Morgan fingerprint density at radius 2 is 1.60 bits per heavy atom. The molecule has 15 heteroatoms. The number of amides is 4. The van der Waals surface area contributed by atoms with Gasteiger partial charge in [0.2, 0.25) is 21.8 Å². The van der Waals surface area contributed by atoms with Crippen LogP contribution >= 0.6 is 0 Å². The summed E-state index contributed by atoms with van der Waals surface area (Å²) in [5.74, 6) is -3.52. The number of nitrogens with one attached hydrogen (secondary N) is 2. The second-order valence-corrected chi connectivity index (χ2v) is 16.6. The number of benzene rings is 2. The highest BCUT2D eigenvalue weighted by molar-refractivity contribution is 7.91. The molecule has 0 radical (unpaired) electrons. The Bertz CT molecular complexity index is 1960. The summed E-state index contributed by atoms with van der Waals surface area (Å²) >= 11 is 0. The van der Waals surface area contributed by atoms with Crippen LogP contribution in [0.3, 0.4) is 0 Å². The van der Waals surface area contributed by atoms with E-state index in [9.17, 15) is 32.8 Å². The number of carbonyl (C=O) groups is 4. The fraction of sp³-hybridized carbons (Fsp3) is 0.447. The lowest BCUT2D eigenvalue weighted by atomic mass is 10.0. The van der Waals surface area contributed by atoms with Gasteiger partial charge in [0.1, 0.15) is 35.5 Å². The fourth-order valence-corrected chi connectivity index (χ4v) is 8.81. The van der Waals surface area contributed by atoms with Gasteiger partial charge < -0.3 is 19.8 Å². The molecule has 4 amide bonds. The number of sulfonamides is 1. The molecule has 0 aromatic heterocycles. The summed E-state index contributed by atoms with van der Waals surface area (Å²) in [5.41, 5.74) is 2.70. The third-order valence-electron chi connectivity index (χ3n) is 10.6. The van der Waals surface area contributed by atoms with Crippen LogP contribution in [0.5, 0.6) is 0 Å². The van der Waals surface area contributed by atoms with E-state index in [-0.39, 0.29) is 24.4 Å². The molecule has 7 rings (SSSR count). The highest BCUT2D eigenvalue weighted by Gasteiger charge is 2.62. The Balaban J connectivity index is 1.16. The molecule has 2 saturated carbocycles. The van der Waals surface area contributed by atoms with Gasteiger partial charge in [-0.3, -0.25) is 24.3 Å². The largest absolute Gasteiger partial charge is 0.444 e. The molecule has 3 fully saturated rings. The predicted octanol–water partition coefficient (Wildman–Crippen LogP) is 3.65. The van der Waals surface area contributed by atoms with Gasteiger partial charge in [0, 0.05) is 36.3 Å². The number of hydrogen-bond acceptors (Lipinski definition) is 10. The van der Waals surface area contributed by atoms with E-state index in [0.717, 1.165) is 22.3 Å². The maximum atomic E-state index is 14.4. The smallest absolute Gasteiger partial charge is 0.434 e. The Kier molecular flexibility index (Phi) is 9.66. The summed E-state index contributed by atoms with van der Waals surface area (Å²) in [7, 11) is -3.92. The summed E-state index contributed by atoms with van der Waals surface area (Å²) < 4.78 is 32.9. The van der Waals surface area contributed by atoms with Crippen molar-refractivity contribution in [1.29, 1.82) is 0 Å². The van der Waals surface area contributed by atoms with Gasteiger partial charge in [-0.1, -0.05) is 85.8 Å². The van der Waals surface area contributed by atoms with E-state index in [0.29, 0.717) is 31.4 Å². The zero-order valence-electron chi connectivity index (χ0n) is 29.5. The average molecular weight is 746 g/mol. The second kappa shape index (κ2) is 14.1. The summed E-state index contributed by atoms with van der Waals surface area (Å²) in [6.07, 6.45) is 4.71. The molecule has 280 valence electrons. The van der Waals surface area contributed by atoms with Crippen molar-refractivity contribution in [3.63, 3.8) is 0 Å². The van der Waals surface area contributed by atoms with Crippen LogP contribution in [0, 0.1) is 11.8 Å². The van der Waals surface area contributed by atoms with Crippen LogP contribution in [0.15, 0.2) is 78.5 Å². The monoisotopic (exact) mass is 745 g/mol. The van der Waals surface area contributed by atoms with Crippen molar-refractivity contribution in [2.45, 2.75) is 87.5 Å². The molecule has 0 spiro atoms. The first-order valence-electron chi connectivity index (χ1n) is 17.9. The van der Waals surface area contributed by atoms with Gasteiger partial charge in [0.05, 0.1) is 11.8 Å². The van der Waals surface area contributed by atoms with E-state index in [1.54, 1.807) is 13.8 Å². The van der Waals surface area contributed by atoms with Gasteiger partial charge in [-0.25, -0.2) is 13.2 Å². The first-order valence-corrected chi connectivity index (χ1v) is 19.5. The Hall–Kier alpha value is -5.02. The number of ether oxygens (including phenoxy) is 1. The van der Waals surface area contributed by atoms with Crippen LogP contribution in [-0.4, -0.2) is 94.7 Å². The lowest BCUT2D eigenvalue weighted by molar-refractivity contribution is -0.164. The first-order chi connectivity index (χ1) is 25.3. The van der Waals surface area contributed by atoms with Crippen LogP contribution in [0.4, 0.5) is 4.79 Å². The van der Waals surface area contributed by atoms with Gasteiger partial charge in [0.15, 0.2) is 0 Å². The molecule has 4 aliphatic carbocycles. The van der Waals surface area contributed by atoms with Crippen molar-refractivity contribution < 1.29 is 42.4 Å². The SMILES string of the molecule is C=C[C@@H]1C[C@@]1(NC(=O)[C@@H]1C[C@@H](ON=C2c3ccccc3-c3ccccc32)CN1C(=O)[C@@H](C(C)C)N(O)C(=O)OC1CC=CC1)C(=O)NS(=O)(=O)C1CC1. The van der Waals surface area contributed by atoms with Crippen molar-refractivity contribution in [3.8, 4) is 11.1 Å². The van der Waals surface area contributed by atoms with Crippen molar-refractivity contribution in [3.05, 3.63) is 84.5 Å². The van der Waals surface area contributed by atoms with Crippen LogP contribution in [-0.2, 0) is 34.0 Å². The summed E-state index contributed by atoms with van der Waals surface area (Å²) in [4.78, 5) is 62.4. The molecule has 2 aromatic carbocycles. The molecule has 14 nitrogen and oxygen atoms in total. The minimum Gasteiger partial charge on any atom is -0.444 e. The fourth-order valence-electron chi connectivity index (χ4n) is 7.45. The van der Waals surface area contributed by atoms with E-state index in [4.69, 9.17) is 9.57 Å². The highest BCUT2D eigenvalue weighted by atomic mass is 32.2. The molecular weight excluding hydrogens is 703 g/mol.